The van der Waals surface area contributed by atoms with Gasteiger partial charge in [0.25, 0.3) is 11.8 Å². The highest BCUT2D eigenvalue weighted by Crippen LogP contribution is 2.31. The molecule has 41 heavy (non-hydrogen) atoms. The quantitative estimate of drug-likeness (QED) is 0.554. The fourth-order valence-corrected chi connectivity index (χ4v) is 6.22. The highest BCUT2D eigenvalue weighted by atomic mass is 16.5. The smallest absolute Gasteiger partial charge is 0.255 e. The van der Waals surface area contributed by atoms with Crippen LogP contribution < -0.4 is 20.3 Å². The summed E-state index contributed by atoms with van der Waals surface area (Å²) in [6.45, 7) is 5.87. The van der Waals surface area contributed by atoms with Gasteiger partial charge in [0.05, 0.1) is 18.5 Å². The third-order valence-corrected chi connectivity index (χ3v) is 8.55. The molecule has 1 aliphatic carbocycles. The van der Waals surface area contributed by atoms with E-state index in [9.17, 15) is 14.4 Å². The molecule has 0 aromatic heterocycles. The second kappa shape index (κ2) is 13.9. The molecule has 0 unspecified atom stereocenters. The van der Waals surface area contributed by atoms with Gasteiger partial charge in [0, 0.05) is 62.9 Å². The SMILES string of the molecule is COc1cccc(C(=O)Nc2cc(C(=O)N3CCCNCC3)ccc2N2CCCN(C(=O)C3CCCCC3)CC2)c1. The van der Waals surface area contributed by atoms with Gasteiger partial charge in [0.2, 0.25) is 5.91 Å². The van der Waals surface area contributed by atoms with Crippen molar-refractivity contribution in [3.05, 3.63) is 53.6 Å². The molecule has 0 bridgehead atoms. The Morgan fingerprint density at radius 2 is 1.63 bits per heavy atom. The maximum Gasteiger partial charge on any atom is 0.255 e. The summed E-state index contributed by atoms with van der Waals surface area (Å²) in [4.78, 5) is 46.3. The molecule has 3 amide bonds. The van der Waals surface area contributed by atoms with E-state index in [1.165, 1.54) is 6.42 Å². The molecular weight excluding hydrogens is 518 g/mol. The maximum atomic E-state index is 13.5. The first-order valence-electron chi connectivity index (χ1n) is 15.2. The standard InChI is InChI=1S/C32H43N5O4/c1-41-27-11-5-10-25(22-27)30(38)34-28-23-26(32(40)36-16-6-14-33-15-19-36)12-13-29(28)35-17-7-18-37(21-20-35)31(39)24-8-3-2-4-9-24/h5,10-13,22-24,33H,2-4,6-9,14-21H2,1H3,(H,34,38). The van der Waals surface area contributed by atoms with Crippen molar-refractivity contribution in [2.24, 2.45) is 5.92 Å². The fraction of sp³-hybridized carbons (Fsp3) is 0.531. The van der Waals surface area contributed by atoms with Gasteiger partial charge < -0.3 is 30.1 Å². The van der Waals surface area contributed by atoms with Crippen molar-refractivity contribution in [3.63, 3.8) is 0 Å². The predicted molar refractivity (Wildman–Crippen MR) is 161 cm³/mol. The van der Waals surface area contributed by atoms with Crippen LogP contribution in [0.2, 0.25) is 0 Å². The van der Waals surface area contributed by atoms with Crippen molar-refractivity contribution in [3.8, 4) is 5.75 Å². The number of benzene rings is 2. The Balaban J connectivity index is 1.38. The first-order chi connectivity index (χ1) is 20.0. The minimum atomic E-state index is -0.266. The van der Waals surface area contributed by atoms with Crippen molar-refractivity contribution in [2.75, 3.05) is 69.7 Å². The van der Waals surface area contributed by atoms with Crippen molar-refractivity contribution >= 4 is 29.1 Å². The number of hydrogen-bond acceptors (Lipinski definition) is 6. The number of hydrogen-bond donors (Lipinski definition) is 2. The van der Waals surface area contributed by atoms with E-state index < -0.39 is 0 Å². The first-order valence-corrected chi connectivity index (χ1v) is 15.2. The van der Waals surface area contributed by atoms with E-state index in [0.717, 1.165) is 70.4 Å². The Morgan fingerprint density at radius 1 is 0.805 bits per heavy atom. The third-order valence-electron chi connectivity index (χ3n) is 8.55. The molecule has 2 aliphatic heterocycles. The van der Waals surface area contributed by atoms with E-state index in [1.807, 2.05) is 28.0 Å². The van der Waals surface area contributed by atoms with Crippen molar-refractivity contribution in [1.82, 2.24) is 15.1 Å². The Morgan fingerprint density at radius 3 is 2.46 bits per heavy atom. The largest absolute Gasteiger partial charge is 0.497 e. The minimum Gasteiger partial charge on any atom is -0.497 e. The zero-order valence-electron chi connectivity index (χ0n) is 24.2. The number of nitrogens with zero attached hydrogens (tertiary/aromatic N) is 3. The summed E-state index contributed by atoms with van der Waals surface area (Å²) in [5.41, 5.74) is 2.50. The van der Waals surface area contributed by atoms with Gasteiger partial charge in [-0.1, -0.05) is 25.3 Å². The number of amides is 3. The van der Waals surface area contributed by atoms with Crippen LogP contribution in [0.3, 0.4) is 0 Å². The van der Waals surface area contributed by atoms with Gasteiger partial charge in [-0.3, -0.25) is 14.4 Å². The average Bonchev–Trinajstić information content (AvgIpc) is 3.45. The van der Waals surface area contributed by atoms with Crippen molar-refractivity contribution in [2.45, 2.75) is 44.9 Å². The molecule has 2 saturated heterocycles. The van der Waals surface area contributed by atoms with Gasteiger partial charge in [-0.25, -0.2) is 0 Å². The zero-order valence-corrected chi connectivity index (χ0v) is 24.2. The summed E-state index contributed by atoms with van der Waals surface area (Å²) < 4.78 is 5.31. The molecule has 0 atom stereocenters. The third kappa shape index (κ3) is 7.19. The molecule has 0 spiro atoms. The van der Waals surface area contributed by atoms with Gasteiger partial charge in [0.1, 0.15) is 5.75 Å². The van der Waals surface area contributed by atoms with Gasteiger partial charge in [-0.2, -0.15) is 0 Å². The zero-order chi connectivity index (χ0) is 28.6. The molecule has 220 valence electrons. The average molecular weight is 562 g/mol. The Bertz CT molecular complexity index is 1220. The summed E-state index contributed by atoms with van der Waals surface area (Å²) >= 11 is 0. The molecule has 1 saturated carbocycles. The highest BCUT2D eigenvalue weighted by Gasteiger charge is 2.28. The molecular formula is C32H43N5O4. The number of nitrogens with one attached hydrogen (secondary N) is 2. The second-order valence-corrected chi connectivity index (χ2v) is 11.3. The molecule has 2 heterocycles. The molecule has 3 fully saturated rings. The van der Waals surface area contributed by atoms with Gasteiger partial charge >= 0.3 is 0 Å². The molecule has 9 heteroatoms. The van der Waals surface area contributed by atoms with E-state index >= 15 is 0 Å². The van der Waals surface area contributed by atoms with E-state index in [4.69, 9.17) is 4.74 Å². The lowest BCUT2D eigenvalue weighted by molar-refractivity contribution is -0.136. The lowest BCUT2D eigenvalue weighted by Crippen LogP contribution is -2.39. The normalized spacial score (nSPS) is 18.8. The molecule has 5 rings (SSSR count). The van der Waals surface area contributed by atoms with Crippen LogP contribution >= 0.6 is 0 Å². The van der Waals surface area contributed by atoms with Gasteiger partial charge in [-0.05, 0) is 68.6 Å². The van der Waals surface area contributed by atoms with E-state index in [1.54, 1.807) is 31.4 Å². The number of anilines is 2. The van der Waals surface area contributed by atoms with Crippen molar-refractivity contribution < 1.29 is 19.1 Å². The van der Waals surface area contributed by atoms with Crippen molar-refractivity contribution in [1.29, 1.82) is 0 Å². The van der Waals surface area contributed by atoms with Crippen LogP contribution in [0.5, 0.6) is 5.75 Å². The van der Waals surface area contributed by atoms with E-state index in [-0.39, 0.29) is 17.7 Å². The topological polar surface area (TPSA) is 94.2 Å². The highest BCUT2D eigenvalue weighted by molar-refractivity contribution is 6.07. The fourth-order valence-electron chi connectivity index (χ4n) is 6.22. The van der Waals surface area contributed by atoms with E-state index in [0.29, 0.717) is 54.7 Å². The Kier molecular flexibility index (Phi) is 9.77. The van der Waals surface area contributed by atoms with Crippen LogP contribution in [0.25, 0.3) is 0 Å². The van der Waals surface area contributed by atoms with E-state index in [2.05, 4.69) is 15.5 Å². The summed E-state index contributed by atoms with van der Waals surface area (Å²) in [5, 5.41) is 6.44. The van der Waals surface area contributed by atoms with Crippen LogP contribution in [0.1, 0.15) is 65.7 Å². The molecule has 2 aromatic rings. The predicted octanol–water partition coefficient (Wildman–Crippen LogP) is 4.00. The van der Waals surface area contributed by atoms with Gasteiger partial charge in [-0.15, -0.1) is 0 Å². The van der Waals surface area contributed by atoms with Crippen LogP contribution in [-0.4, -0.2) is 87.0 Å². The number of ether oxygens (including phenoxy) is 1. The summed E-state index contributed by atoms with van der Waals surface area (Å²) in [7, 11) is 1.57. The molecule has 0 radical (unpaired) electrons. The monoisotopic (exact) mass is 561 g/mol. The molecule has 2 aromatic carbocycles. The number of carbonyl (C=O) groups is 3. The van der Waals surface area contributed by atoms with Crippen LogP contribution in [-0.2, 0) is 4.79 Å². The lowest BCUT2D eigenvalue weighted by Gasteiger charge is -2.29. The van der Waals surface area contributed by atoms with Crippen LogP contribution in [0, 0.1) is 5.92 Å². The summed E-state index contributed by atoms with van der Waals surface area (Å²) in [6.07, 6.45) is 7.28. The molecule has 3 aliphatic rings. The number of carbonyl (C=O) groups excluding carboxylic acids is 3. The number of methoxy groups -OCH3 is 1. The lowest BCUT2D eigenvalue weighted by atomic mass is 9.88. The van der Waals surface area contributed by atoms with Crippen LogP contribution in [0.4, 0.5) is 11.4 Å². The Labute approximate surface area is 243 Å². The summed E-state index contributed by atoms with van der Waals surface area (Å²) in [6, 6.07) is 12.7. The maximum absolute atomic E-state index is 13.5. The Hall–Kier alpha value is -3.59. The van der Waals surface area contributed by atoms with Gasteiger partial charge in [0.15, 0.2) is 0 Å². The minimum absolute atomic E-state index is 0.0303. The molecule has 2 N–H and O–H groups in total. The first kappa shape index (κ1) is 28.9. The summed E-state index contributed by atoms with van der Waals surface area (Å²) in [5.74, 6) is 0.764. The number of rotatable bonds is 6. The molecule has 9 nitrogen and oxygen atoms in total. The van der Waals surface area contributed by atoms with Crippen LogP contribution in [0.15, 0.2) is 42.5 Å². The second-order valence-electron chi connectivity index (χ2n) is 11.3.